The normalized spacial score (nSPS) is 15.4. The van der Waals surface area contributed by atoms with Crippen LogP contribution in [-0.4, -0.2) is 75.3 Å². The topological polar surface area (TPSA) is 85.9 Å². The molecule has 31 heavy (non-hydrogen) atoms. The van der Waals surface area contributed by atoms with Crippen LogP contribution in [-0.2, 0) is 14.8 Å². The summed E-state index contributed by atoms with van der Waals surface area (Å²) in [5, 5.41) is 3.79. The van der Waals surface area contributed by atoms with Crippen molar-refractivity contribution in [3.05, 3.63) is 46.1 Å². The average molecular weight is 486 g/mol. The van der Waals surface area contributed by atoms with Gasteiger partial charge in [0.15, 0.2) is 0 Å². The van der Waals surface area contributed by atoms with Gasteiger partial charge in [-0.3, -0.25) is 9.69 Å². The molecule has 0 bridgehead atoms. The Hall–Kier alpha value is -1.91. The summed E-state index contributed by atoms with van der Waals surface area (Å²) in [6.45, 7) is 4.63. The number of hydrogen-bond acceptors (Lipinski definition) is 6. The molecule has 0 saturated carbocycles. The zero-order valence-corrected chi connectivity index (χ0v) is 19.9. The van der Waals surface area contributed by atoms with Crippen molar-refractivity contribution in [2.75, 3.05) is 57.0 Å². The molecular weight excluding hydrogens is 461 g/mol. The first-order valence-corrected chi connectivity index (χ1v) is 11.9. The summed E-state index contributed by atoms with van der Waals surface area (Å²) < 4.78 is 26.1. The van der Waals surface area contributed by atoms with Crippen molar-refractivity contribution in [2.45, 2.75) is 11.8 Å². The van der Waals surface area contributed by atoms with Crippen molar-refractivity contribution in [2.24, 2.45) is 0 Å². The van der Waals surface area contributed by atoms with Crippen molar-refractivity contribution in [3.63, 3.8) is 0 Å². The van der Waals surface area contributed by atoms with E-state index < -0.39 is 10.0 Å². The number of amides is 1. The molecule has 0 unspecified atom stereocenters. The van der Waals surface area contributed by atoms with Gasteiger partial charge in [0, 0.05) is 52.2 Å². The van der Waals surface area contributed by atoms with E-state index in [9.17, 15) is 13.2 Å². The zero-order valence-electron chi connectivity index (χ0n) is 17.6. The highest BCUT2D eigenvalue weighted by atomic mass is 35.5. The Bertz CT molecular complexity index is 1070. The van der Waals surface area contributed by atoms with Crippen LogP contribution in [0.2, 0.25) is 10.0 Å². The summed E-state index contributed by atoms with van der Waals surface area (Å²) in [6.07, 6.45) is 1.56. The van der Waals surface area contributed by atoms with E-state index in [1.807, 2.05) is 4.90 Å². The van der Waals surface area contributed by atoms with Crippen molar-refractivity contribution >= 4 is 50.6 Å². The second-order valence-electron chi connectivity index (χ2n) is 7.54. The third-order valence-corrected chi connectivity index (χ3v) is 7.50. The Morgan fingerprint density at radius 1 is 1.16 bits per heavy atom. The predicted octanol–water partition coefficient (Wildman–Crippen LogP) is 2.71. The fraction of sp³-hybridized carbons (Fsp3) is 0.400. The highest BCUT2D eigenvalue weighted by Gasteiger charge is 2.23. The number of pyridine rings is 1. The quantitative estimate of drug-likeness (QED) is 0.676. The Labute approximate surface area is 192 Å². The molecule has 1 aromatic heterocycles. The molecule has 168 valence electrons. The van der Waals surface area contributed by atoms with Crippen molar-refractivity contribution < 1.29 is 13.2 Å². The molecule has 11 heteroatoms. The number of sulfonamides is 1. The monoisotopic (exact) mass is 485 g/mol. The third-order valence-electron chi connectivity index (χ3n) is 5.06. The van der Waals surface area contributed by atoms with Gasteiger partial charge in [0.05, 0.1) is 21.5 Å². The molecule has 1 amide bonds. The number of halogens is 2. The number of benzene rings is 1. The molecule has 2 heterocycles. The lowest BCUT2D eigenvalue weighted by atomic mass is 10.2. The lowest BCUT2D eigenvalue weighted by Crippen LogP contribution is -2.49. The molecule has 1 saturated heterocycles. The van der Waals surface area contributed by atoms with E-state index in [2.05, 4.69) is 15.2 Å². The standard InChI is InChI=1S/C20H25Cl2N5O3S/c1-14-4-5-16(11-18(14)31(29,30)25(2)3)24-19(28)13-26-6-8-27(9-7-26)20-17(22)10-15(21)12-23-20/h4-5,10-12H,6-9,13H2,1-3H3,(H,24,28). The third kappa shape index (κ3) is 5.67. The van der Waals surface area contributed by atoms with Crippen molar-refractivity contribution in [1.29, 1.82) is 0 Å². The number of carbonyl (C=O) groups is 1. The number of anilines is 2. The molecule has 1 fully saturated rings. The number of nitrogens with one attached hydrogen (secondary N) is 1. The molecule has 1 N–H and O–H groups in total. The molecule has 2 aromatic rings. The number of nitrogens with zero attached hydrogens (tertiary/aromatic N) is 4. The fourth-order valence-electron chi connectivity index (χ4n) is 3.31. The van der Waals surface area contributed by atoms with Crippen molar-refractivity contribution in [3.8, 4) is 0 Å². The molecule has 1 aromatic carbocycles. The molecule has 0 spiro atoms. The van der Waals surface area contributed by atoms with Gasteiger partial charge in [-0.1, -0.05) is 29.3 Å². The lowest BCUT2D eigenvalue weighted by molar-refractivity contribution is -0.117. The summed E-state index contributed by atoms with van der Waals surface area (Å²) in [4.78, 5) is 21.1. The van der Waals surface area contributed by atoms with E-state index >= 15 is 0 Å². The van der Waals surface area contributed by atoms with Gasteiger partial charge in [-0.2, -0.15) is 0 Å². The highest BCUT2D eigenvalue weighted by molar-refractivity contribution is 7.89. The molecule has 3 rings (SSSR count). The maximum absolute atomic E-state index is 12.5. The molecule has 0 radical (unpaired) electrons. The summed E-state index contributed by atoms with van der Waals surface area (Å²) in [6, 6.07) is 6.55. The molecule has 0 atom stereocenters. The first-order valence-electron chi connectivity index (χ1n) is 9.69. The largest absolute Gasteiger partial charge is 0.353 e. The van der Waals surface area contributed by atoms with E-state index in [4.69, 9.17) is 23.2 Å². The fourth-order valence-corrected chi connectivity index (χ4v) is 4.96. The van der Waals surface area contributed by atoms with E-state index in [0.29, 0.717) is 53.3 Å². The lowest BCUT2D eigenvalue weighted by Gasteiger charge is -2.35. The van der Waals surface area contributed by atoms with Gasteiger partial charge in [0.2, 0.25) is 15.9 Å². The maximum Gasteiger partial charge on any atom is 0.242 e. The Morgan fingerprint density at radius 3 is 2.45 bits per heavy atom. The summed E-state index contributed by atoms with van der Waals surface area (Å²) >= 11 is 12.1. The molecular formula is C20H25Cl2N5O3S. The Balaban J connectivity index is 1.59. The van der Waals surface area contributed by atoms with Crippen LogP contribution >= 0.6 is 23.2 Å². The van der Waals surface area contributed by atoms with E-state index in [1.54, 1.807) is 31.3 Å². The van der Waals surface area contributed by atoms with Crippen LogP contribution in [0.3, 0.4) is 0 Å². The first kappa shape index (κ1) is 23.7. The summed E-state index contributed by atoms with van der Waals surface area (Å²) in [5.41, 5.74) is 1.07. The van der Waals surface area contributed by atoms with Crippen LogP contribution in [0.1, 0.15) is 5.56 Å². The van der Waals surface area contributed by atoms with Crippen LogP contribution in [0.25, 0.3) is 0 Å². The average Bonchev–Trinajstić information content (AvgIpc) is 2.70. The van der Waals surface area contributed by atoms with Crippen LogP contribution in [0.5, 0.6) is 0 Å². The van der Waals surface area contributed by atoms with Gasteiger partial charge in [-0.15, -0.1) is 0 Å². The maximum atomic E-state index is 12.5. The molecule has 0 aliphatic carbocycles. The van der Waals surface area contributed by atoms with Gasteiger partial charge < -0.3 is 10.2 Å². The number of piperazine rings is 1. The summed E-state index contributed by atoms with van der Waals surface area (Å²) in [7, 11) is -0.634. The number of aryl methyl sites for hydroxylation is 1. The van der Waals surface area contributed by atoms with E-state index in [0.717, 1.165) is 4.31 Å². The second kappa shape index (κ2) is 9.70. The SMILES string of the molecule is Cc1ccc(NC(=O)CN2CCN(c3ncc(Cl)cc3Cl)CC2)cc1S(=O)(=O)N(C)C. The number of hydrogen-bond donors (Lipinski definition) is 1. The van der Waals surface area contributed by atoms with E-state index in [-0.39, 0.29) is 17.3 Å². The molecule has 8 nitrogen and oxygen atoms in total. The number of carbonyl (C=O) groups excluding carboxylic acids is 1. The minimum absolute atomic E-state index is 0.177. The van der Waals surface area contributed by atoms with Gasteiger partial charge in [0.1, 0.15) is 5.82 Å². The van der Waals surface area contributed by atoms with Gasteiger partial charge in [0.25, 0.3) is 0 Å². The van der Waals surface area contributed by atoms with Crippen LogP contribution < -0.4 is 10.2 Å². The van der Waals surface area contributed by atoms with E-state index in [1.165, 1.54) is 20.2 Å². The number of rotatable bonds is 6. The molecule has 1 aliphatic heterocycles. The zero-order chi connectivity index (χ0) is 22.8. The van der Waals surface area contributed by atoms with Gasteiger partial charge >= 0.3 is 0 Å². The summed E-state index contributed by atoms with van der Waals surface area (Å²) in [5.74, 6) is 0.484. The van der Waals surface area contributed by atoms with Gasteiger partial charge in [-0.05, 0) is 30.7 Å². The Morgan fingerprint density at radius 2 is 1.84 bits per heavy atom. The van der Waals surface area contributed by atoms with Crippen LogP contribution in [0.15, 0.2) is 35.4 Å². The first-order chi connectivity index (χ1) is 14.6. The molecule has 1 aliphatic rings. The smallest absolute Gasteiger partial charge is 0.242 e. The van der Waals surface area contributed by atoms with Gasteiger partial charge in [-0.25, -0.2) is 17.7 Å². The predicted molar refractivity (Wildman–Crippen MR) is 124 cm³/mol. The minimum Gasteiger partial charge on any atom is -0.353 e. The second-order valence-corrected chi connectivity index (χ2v) is 10.5. The number of aromatic nitrogens is 1. The highest BCUT2D eigenvalue weighted by Crippen LogP contribution is 2.27. The Kier molecular flexibility index (Phi) is 7.43. The van der Waals surface area contributed by atoms with Crippen molar-refractivity contribution in [1.82, 2.24) is 14.2 Å². The van der Waals surface area contributed by atoms with Crippen LogP contribution in [0, 0.1) is 6.92 Å². The minimum atomic E-state index is -3.59. The van der Waals surface area contributed by atoms with Crippen LogP contribution in [0.4, 0.5) is 11.5 Å².